The summed E-state index contributed by atoms with van der Waals surface area (Å²) in [5, 5.41) is 0.712. The topological polar surface area (TPSA) is 35.5 Å². The Hall–Kier alpha value is -2.33. The fourth-order valence-corrected chi connectivity index (χ4v) is 2.81. The number of fused-ring (bicyclic) bond motifs is 1. The molecule has 0 radical (unpaired) electrons. The molecule has 1 heterocycles. The predicted molar refractivity (Wildman–Crippen MR) is 95.8 cm³/mol. The van der Waals surface area contributed by atoms with Crippen LogP contribution >= 0.6 is 11.6 Å². The highest BCUT2D eigenvalue weighted by molar-refractivity contribution is 6.30. The maximum Gasteiger partial charge on any atom is 0.149 e. The average molecular weight is 361 g/mol. The van der Waals surface area contributed by atoms with E-state index in [4.69, 9.17) is 21.1 Å². The van der Waals surface area contributed by atoms with Crippen LogP contribution in [0.3, 0.4) is 0 Å². The Morgan fingerprint density at radius 1 is 1.32 bits per heavy atom. The average Bonchev–Trinajstić information content (AvgIpc) is 2.62. The molecule has 1 aliphatic heterocycles. The smallest absolute Gasteiger partial charge is 0.149 e. The molecular weight excluding hydrogens is 343 g/mol. The van der Waals surface area contributed by atoms with Crippen LogP contribution in [0.2, 0.25) is 5.02 Å². The lowest BCUT2D eigenvalue weighted by Gasteiger charge is -2.18. The minimum absolute atomic E-state index is 0.145. The highest BCUT2D eigenvalue weighted by Gasteiger charge is 2.17. The molecule has 5 heteroatoms. The molecule has 1 atom stereocenters. The normalized spacial score (nSPS) is 14.1. The quantitative estimate of drug-likeness (QED) is 0.700. The lowest BCUT2D eigenvalue weighted by Crippen LogP contribution is -2.13. The highest BCUT2D eigenvalue weighted by atomic mass is 35.5. The van der Waals surface area contributed by atoms with Crippen LogP contribution in [0.4, 0.5) is 4.39 Å². The third-order valence-corrected chi connectivity index (χ3v) is 4.22. The molecule has 130 valence electrons. The second-order valence-corrected chi connectivity index (χ2v) is 6.63. The molecule has 3 nitrogen and oxygen atoms in total. The van der Waals surface area contributed by atoms with Gasteiger partial charge in [-0.2, -0.15) is 0 Å². The second-order valence-electron chi connectivity index (χ2n) is 6.19. The van der Waals surface area contributed by atoms with Crippen LogP contribution in [-0.4, -0.2) is 19.5 Å². The molecule has 3 rings (SSSR count). The van der Waals surface area contributed by atoms with E-state index < -0.39 is 5.82 Å². The summed E-state index contributed by atoms with van der Waals surface area (Å²) in [5.74, 6) is 0.604. The number of halogens is 2. The van der Waals surface area contributed by atoms with E-state index >= 15 is 0 Å². The molecule has 1 aliphatic rings. The summed E-state index contributed by atoms with van der Waals surface area (Å²) in [4.78, 5) is 10.8. The van der Waals surface area contributed by atoms with Crippen molar-refractivity contribution < 1.29 is 18.7 Å². The van der Waals surface area contributed by atoms with Gasteiger partial charge in [0.2, 0.25) is 0 Å². The minimum Gasteiger partial charge on any atom is -0.493 e. The van der Waals surface area contributed by atoms with Crippen LogP contribution < -0.4 is 9.47 Å². The summed E-state index contributed by atoms with van der Waals surface area (Å²) < 4.78 is 25.4. The largest absolute Gasteiger partial charge is 0.493 e. The fourth-order valence-electron chi connectivity index (χ4n) is 2.69. The van der Waals surface area contributed by atoms with Crippen LogP contribution in [0.15, 0.2) is 42.0 Å². The summed E-state index contributed by atoms with van der Waals surface area (Å²) >= 11 is 5.89. The van der Waals surface area contributed by atoms with E-state index in [-0.39, 0.29) is 18.1 Å². The van der Waals surface area contributed by atoms with Gasteiger partial charge in [0.25, 0.3) is 0 Å². The Morgan fingerprint density at radius 2 is 2.08 bits per heavy atom. The van der Waals surface area contributed by atoms with Crippen LogP contribution in [0.5, 0.6) is 11.5 Å². The van der Waals surface area contributed by atoms with Crippen LogP contribution in [0.25, 0.3) is 6.08 Å². The van der Waals surface area contributed by atoms with Crippen molar-refractivity contribution in [1.82, 2.24) is 0 Å². The summed E-state index contributed by atoms with van der Waals surface area (Å²) in [6.45, 7) is 2.67. The third kappa shape index (κ3) is 4.40. The first-order valence-corrected chi connectivity index (χ1v) is 8.42. The number of rotatable bonds is 6. The highest BCUT2D eigenvalue weighted by Crippen LogP contribution is 2.33. The summed E-state index contributed by atoms with van der Waals surface area (Å²) in [5.41, 5.74) is 1.87. The van der Waals surface area contributed by atoms with Crippen LogP contribution in [0.1, 0.15) is 18.1 Å². The monoisotopic (exact) mass is 360 g/mol. The molecule has 0 aromatic heterocycles. The van der Waals surface area contributed by atoms with Gasteiger partial charge in [-0.1, -0.05) is 30.7 Å². The first kappa shape index (κ1) is 17.5. The summed E-state index contributed by atoms with van der Waals surface area (Å²) in [6, 6.07) is 10.7. The van der Waals surface area contributed by atoms with E-state index in [1.165, 1.54) is 17.7 Å². The predicted octanol–water partition coefficient (Wildman–Crippen LogP) is 4.71. The third-order valence-electron chi connectivity index (χ3n) is 3.97. The Labute approximate surface area is 151 Å². The van der Waals surface area contributed by atoms with Crippen molar-refractivity contribution in [1.29, 1.82) is 0 Å². The first-order chi connectivity index (χ1) is 12.0. The van der Waals surface area contributed by atoms with E-state index in [9.17, 15) is 9.18 Å². The van der Waals surface area contributed by atoms with Gasteiger partial charge in [-0.25, -0.2) is 4.39 Å². The molecule has 0 bridgehead atoms. The number of aldehydes is 1. The Kier molecular flexibility index (Phi) is 5.39. The number of carbonyl (C=O) groups is 1. The molecule has 2 aromatic carbocycles. The van der Waals surface area contributed by atoms with Crippen molar-refractivity contribution in [3.8, 4) is 11.5 Å². The molecule has 2 aromatic rings. The molecular formula is C20H18ClFO3. The zero-order chi connectivity index (χ0) is 17.8. The van der Waals surface area contributed by atoms with Crippen molar-refractivity contribution in [2.75, 3.05) is 13.2 Å². The van der Waals surface area contributed by atoms with Crippen LogP contribution in [0, 0.1) is 11.7 Å². The van der Waals surface area contributed by atoms with E-state index in [2.05, 4.69) is 6.92 Å². The van der Waals surface area contributed by atoms with E-state index in [0.717, 1.165) is 6.42 Å². The molecule has 0 saturated carbocycles. The number of carbonyl (C=O) groups excluding carboxylic acids is 1. The SMILES string of the molecule is C[C@H](COc1cc(F)c2c(c1)OCC(C=O)=C2)Cc1ccc(Cl)cc1. The van der Waals surface area contributed by atoms with Gasteiger partial charge in [-0.05, 0) is 36.1 Å². The Bertz CT molecular complexity index is 799. The van der Waals surface area contributed by atoms with Gasteiger partial charge in [0.05, 0.1) is 12.2 Å². The van der Waals surface area contributed by atoms with E-state index in [1.54, 1.807) is 6.07 Å². The Balaban J connectivity index is 1.64. The lowest BCUT2D eigenvalue weighted by molar-refractivity contribution is -0.105. The fraction of sp³-hybridized carbons (Fsp3) is 0.250. The van der Waals surface area contributed by atoms with Gasteiger partial charge in [0.15, 0.2) is 0 Å². The lowest BCUT2D eigenvalue weighted by atomic mass is 10.0. The van der Waals surface area contributed by atoms with Gasteiger partial charge in [-0.3, -0.25) is 4.79 Å². The minimum atomic E-state index is -0.461. The zero-order valence-electron chi connectivity index (χ0n) is 13.8. The van der Waals surface area contributed by atoms with Gasteiger partial charge >= 0.3 is 0 Å². The Morgan fingerprint density at radius 3 is 2.80 bits per heavy atom. The zero-order valence-corrected chi connectivity index (χ0v) is 14.6. The number of hydrogen-bond donors (Lipinski definition) is 0. The van der Waals surface area contributed by atoms with Crippen molar-refractivity contribution >= 4 is 24.0 Å². The number of hydrogen-bond acceptors (Lipinski definition) is 3. The van der Waals surface area contributed by atoms with Gasteiger partial charge in [-0.15, -0.1) is 0 Å². The maximum absolute atomic E-state index is 14.2. The van der Waals surface area contributed by atoms with Crippen molar-refractivity contribution in [2.24, 2.45) is 5.92 Å². The van der Waals surface area contributed by atoms with Crippen molar-refractivity contribution in [3.63, 3.8) is 0 Å². The van der Waals surface area contributed by atoms with Gasteiger partial charge in [0, 0.05) is 22.7 Å². The van der Waals surface area contributed by atoms with Crippen molar-refractivity contribution in [2.45, 2.75) is 13.3 Å². The molecule has 0 spiro atoms. The van der Waals surface area contributed by atoms with E-state index in [1.807, 2.05) is 24.3 Å². The molecule has 25 heavy (non-hydrogen) atoms. The van der Waals surface area contributed by atoms with Crippen molar-refractivity contribution in [3.05, 3.63) is 63.9 Å². The molecule has 0 N–H and O–H groups in total. The molecule has 0 amide bonds. The van der Waals surface area contributed by atoms with Gasteiger partial charge < -0.3 is 9.47 Å². The van der Waals surface area contributed by atoms with Gasteiger partial charge in [0.1, 0.15) is 30.2 Å². The molecule has 0 fully saturated rings. The molecule has 0 saturated heterocycles. The van der Waals surface area contributed by atoms with Crippen LogP contribution in [-0.2, 0) is 11.2 Å². The number of ether oxygens (including phenoxy) is 2. The maximum atomic E-state index is 14.2. The van der Waals surface area contributed by atoms with E-state index in [0.29, 0.717) is 35.0 Å². The number of benzene rings is 2. The summed E-state index contributed by atoms with van der Waals surface area (Å²) in [7, 11) is 0. The molecule has 0 aliphatic carbocycles. The second kappa shape index (κ2) is 7.70. The standard InChI is InChI=1S/C20H18ClFO3/c1-13(6-14-2-4-16(21)5-3-14)11-24-17-8-19(22)18-7-15(10-23)12-25-20(18)9-17/h2-5,7-10,13H,6,11-12H2,1H3/t13-/m0/s1. The first-order valence-electron chi connectivity index (χ1n) is 8.04. The molecule has 0 unspecified atom stereocenters. The summed E-state index contributed by atoms with van der Waals surface area (Å²) in [6.07, 6.45) is 3.02.